The lowest BCUT2D eigenvalue weighted by atomic mass is 9.96. The van der Waals surface area contributed by atoms with Crippen molar-refractivity contribution >= 4 is 15.7 Å². The molecule has 0 saturated heterocycles. The van der Waals surface area contributed by atoms with Crippen LogP contribution < -0.4 is 10.0 Å². The van der Waals surface area contributed by atoms with Crippen LogP contribution in [0.3, 0.4) is 0 Å². The van der Waals surface area contributed by atoms with Crippen LogP contribution in [0.1, 0.15) is 33.6 Å². The van der Waals surface area contributed by atoms with Crippen molar-refractivity contribution in [2.24, 2.45) is 5.92 Å². The van der Waals surface area contributed by atoms with Crippen LogP contribution in [0.2, 0.25) is 0 Å². The van der Waals surface area contributed by atoms with Gasteiger partial charge in [-0.25, -0.2) is 13.1 Å². The molecule has 0 aliphatic heterocycles. The molecule has 0 fully saturated rings. The van der Waals surface area contributed by atoms with Crippen LogP contribution >= 0.6 is 0 Å². The average molecular weight is 284 g/mol. The predicted molar refractivity (Wildman–Crippen MR) is 79.8 cm³/mol. The zero-order valence-corrected chi connectivity index (χ0v) is 12.9. The number of hydrogen-bond donors (Lipinski definition) is 2. The van der Waals surface area contributed by atoms with E-state index in [1.54, 1.807) is 25.2 Å². The summed E-state index contributed by atoms with van der Waals surface area (Å²) in [5.74, 6) is 0.358. The van der Waals surface area contributed by atoms with Gasteiger partial charge in [0.15, 0.2) is 0 Å². The van der Waals surface area contributed by atoms with Crippen LogP contribution in [-0.2, 0) is 10.0 Å². The minimum atomic E-state index is -3.48. The molecule has 0 aliphatic rings. The lowest BCUT2D eigenvalue weighted by Crippen LogP contribution is -2.37. The highest BCUT2D eigenvalue weighted by atomic mass is 32.2. The Labute approximate surface area is 116 Å². The maximum atomic E-state index is 12.4. The largest absolute Gasteiger partial charge is 0.387 e. The van der Waals surface area contributed by atoms with Gasteiger partial charge in [0.05, 0.1) is 5.69 Å². The highest BCUT2D eigenvalue weighted by Crippen LogP contribution is 2.22. The van der Waals surface area contributed by atoms with Crippen molar-refractivity contribution in [1.29, 1.82) is 0 Å². The van der Waals surface area contributed by atoms with Crippen LogP contribution in [0.15, 0.2) is 29.2 Å². The van der Waals surface area contributed by atoms with E-state index in [4.69, 9.17) is 0 Å². The molecule has 19 heavy (non-hydrogen) atoms. The van der Waals surface area contributed by atoms with Crippen LogP contribution in [0.25, 0.3) is 0 Å². The molecule has 1 atom stereocenters. The third-order valence-electron chi connectivity index (χ3n) is 3.54. The summed E-state index contributed by atoms with van der Waals surface area (Å²) in [6.45, 7) is 6.10. The summed E-state index contributed by atoms with van der Waals surface area (Å²) in [4.78, 5) is 0.301. The molecule has 1 aromatic rings. The van der Waals surface area contributed by atoms with Gasteiger partial charge in [0.25, 0.3) is 0 Å². The lowest BCUT2D eigenvalue weighted by molar-refractivity contribution is 0.391. The van der Waals surface area contributed by atoms with Crippen molar-refractivity contribution in [3.63, 3.8) is 0 Å². The van der Waals surface area contributed by atoms with Crippen molar-refractivity contribution in [2.75, 3.05) is 12.4 Å². The summed E-state index contributed by atoms with van der Waals surface area (Å²) < 4.78 is 27.6. The molecule has 108 valence electrons. The van der Waals surface area contributed by atoms with E-state index in [0.29, 0.717) is 16.5 Å². The summed E-state index contributed by atoms with van der Waals surface area (Å²) in [6.07, 6.45) is 1.93. The normalized spacial score (nSPS) is 13.5. The molecule has 0 saturated carbocycles. The Bertz CT molecular complexity index is 496. The van der Waals surface area contributed by atoms with E-state index in [9.17, 15) is 8.42 Å². The number of nitrogens with one attached hydrogen (secondary N) is 2. The predicted octanol–water partition coefficient (Wildman–Crippen LogP) is 2.83. The Morgan fingerprint density at radius 1 is 1.16 bits per heavy atom. The lowest BCUT2D eigenvalue weighted by Gasteiger charge is -2.23. The first kappa shape index (κ1) is 16.0. The monoisotopic (exact) mass is 284 g/mol. The second-order valence-corrected chi connectivity index (χ2v) is 6.42. The Morgan fingerprint density at radius 3 is 2.26 bits per heavy atom. The number of benzene rings is 1. The summed E-state index contributed by atoms with van der Waals surface area (Å²) >= 11 is 0. The maximum Gasteiger partial charge on any atom is 0.242 e. The van der Waals surface area contributed by atoms with E-state index < -0.39 is 10.0 Å². The van der Waals surface area contributed by atoms with E-state index in [-0.39, 0.29) is 6.04 Å². The molecule has 1 rings (SSSR count). The van der Waals surface area contributed by atoms with Gasteiger partial charge in [-0.3, -0.25) is 0 Å². The summed E-state index contributed by atoms with van der Waals surface area (Å²) in [5, 5.41) is 2.91. The van der Waals surface area contributed by atoms with Gasteiger partial charge in [0.1, 0.15) is 4.90 Å². The van der Waals surface area contributed by atoms with E-state index in [0.717, 1.165) is 12.8 Å². The first-order valence-corrected chi connectivity index (χ1v) is 8.23. The van der Waals surface area contributed by atoms with Gasteiger partial charge in [0.2, 0.25) is 10.0 Å². The van der Waals surface area contributed by atoms with Crippen LogP contribution in [0.5, 0.6) is 0 Å². The molecule has 0 amide bonds. The van der Waals surface area contributed by atoms with Gasteiger partial charge in [-0.2, -0.15) is 0 Å². The highest BCUT2D eigenvalue weighted by molar-refractivity contribution is 7.89. The summed E-state index contributed by atoms with van der Waals surface area (Å²) in [7, 11) is -1.76. The number of para-hydroxylation sites is 1. The standard InChI is InChI=1S/C14H24N2O2S/c1-5-12(6-2)11(3)16-19(17,18)14-10-8-7-9-13(14)15-4/h7-12,15-16H,5-6H2,1-4H3. The molecule has 0 heterocycles. The van der Waals surface area contributed by atoms with E-state index >= 15 is 0 Å². The third-order valence-corrected chi connectivity index (χ3v) is 5.16. The summed E-state index contributed by atoms with van der Waals surface area (Å²) in [5.41, 5.74) is 0.617. The molecule has 0 aromatic heterocycles. The fourth-order valence-corrected chi connectivity index (χ4v) is 3.83. The Hall–Kier alpha value is -1.07. The zero-order chi connectivity index (χ0) is 14.5. The van der Waals surface area contributed by atoms with E-state index in [1.165, 1.54) is 0 Å². The van der Waals surface area contributed by atoms with Gasteiger partial charge < -0.3 is 5.32 Å². The van der Waals surface area contributed by atoms with Crippen molar-refractivity contribution < 1.29 is 8.42 Å². The molecule has 2 N–H and O–H groups in total. The van der Waals surface area contributed by atoms with Crippen LogP contribution in [0.4, 0.5) is 5.69 Å². The fraction of sp³-hybridized carbons (Fsp3) is 0.571. The SMILES string of the molecule is CCC(CC)C(C)NS(=O)(=O)c1ccccc1NC. The van der Waals surface area contributed by atoms with E-state index in [1.807, 2.05) is 13.0 Å². The van der Waals surface area contributed by atoms with Gasteiger partial charge in [-0.05, 0) is 25.0 Å². The second-order valence-electron chi connectivity index (χ2n) is 4.73. The molecule has 0 spiro atoms. The minimum Gasteiger partial charge on any atom is -0.387 e. The van der Waals surface area contributed by atoms with Crippen LogP contribution in [0, 0.1) is 5.92 Å². The molecular weight excluding hydrogens is 260 g/mol. The van der Waals surface area contributed by atoms with E-state index in [2.05, 4.69) is 23.9 Å². The van der Waals surface area contributed by atoms with Gasteiger partial charge in [0, 0.05) is 13.1 Å². The molecular formula is C14H24N2O2S. The zero-order valence-electron chi connectivity index (χ0n) is 12.1. The molecule has 1 unspecified atom stereocenters. The molecule has 5 heteroatoms. The number of sulfonamides is 1. The quantitative estimate of drug-likeness (QED) is 0.809. The molecule has 1 aromatic carbocycles. The smallest absolute Gasteiger partial charge is 0.242 e. The van der Waals surface area contributed by atoms with Crippen molar-refractivity contribution in [1.82, 2.24) is 4.72 Å². The Balaban J connectivity index is 2.98. The highest BCUT2D eigenvalue weighted by Gasteiger charge is 2.23. The summed E-state index contributed by atoms with van der Waals surface area (Å²) in [6, 6.07) is 6.86. The number of anilines is 1. The first-order valence-electron chi connectivity index (χ1n) is 6.75. The van der Waals surface area contributed by atoms with Crippen molar-refractivity contribution in [2.45, 2.75) is 44.6 Å². The van der Waals surface area contributed by atoms with Gasteiger partial charge in [-0.15, -0.1) is 0 Å². The Morgan fingerprint density at radius 2 is 1.74 bits per heavy atom. The molecule has 4 nitrogen and oxygen atoms in total. The number of rotatable bonds is 7. The molecule has 0 radical (unpaired) electrons. The van der Waals surface area contributed by atoms with Gasteiger partial charge in [-0.1, -0.05) is 38.8 Å². The Kier molecular flexibility index (Phi) is 5.82. The maximum absolute atomic E-state index is 12.4. The second kappa shape index (κ2) is 6.91. The third kappa shape index (κ3) is 3.94. The molecule has 0 bridgehead atoms. The van der Waals surface area contributed by atoms with Crippen molar-refractivity contribution in [3.8, 4) is 0 Å². The molecule has 0 aliphatic carbocycles. The fourth-order valence-electron chi connectivity index (χ4n) is 2.31. The number of hydrogen-bond acceptors (Lipinski definition) is 3. The van der Waals surface area contributed by atoms with Crippen LogP contribution in [-0.4, -0.2) is 21.5 Å². The topological polar surface area (TPSA) is 58.2 Å². The minimum absolute atomic E-state index is 0.0649. The first-order chi connectivity index (χ1) is 8.96. The van der Waals surface area contributed by atoms with Gasteiger partial charge >= 0.3 is 0 Å². The van der Waals surface area contributed by atoms with Crippen molar-refractivity contribution in [3.05, 3.63) is 24.3 Å². The average Bonchev–Trinajstić information content (AvgIpc) is 2.39.